The minimum Gasteiger partial charge on any atom is -0.504 e. The van der Waals surface area contributed by atoms with Crippen molar-refractivity contribution < 1.29 is 34.0 Å². The SMILES string of the molecule is CCCOC(=O)[C@@](N)(OC(=O)OCC)C(C)c1ccc(O)c(O)c1. The Hall–Kier alpha value is -2.48. The van der Waals surface area contributed by atoms with Gasteiger partial charge in [0.25, 0.3) is 5.72 Å². The summed E-state index contributed by atoms with van der Waals surface area (Å²) in [6.07, 6.45) is -0.543. The van der Waals surface area contributed by atoms with Crippen molar-refractivity contribution in [2.75, 3.05) is 13.2 Å². The van der Waals surface area contributed by atoms with Crippen LogP contribution in [0.25, 0.3) is 0 Å². The van der Waals surface area contributed by atoms with Gasteiger partial charge < -0.3 is 24.4 Å². The van der Waals surface area contributed by atoms with Gasteiger partial charge in [-0.15, -0.1) is 0 Å². The van der Waals surface area contributed by atoms with Gasteiger partial charge in [0, 0.05) is 5.92 Å². The van der Waals surface area contributed by atoms with Gasteiger partial charge in [-0.1, -0.05) is 19.9 Å². The van der Waals surface area contributed by atoms with Gasteiger partial charge in [-0.05, 0) is 31.0 Å². The highest BCUT2D eigenvalue weighted by Crippen LogP contribution is 2.34. The Balaban J connectivity index is 3.16. The molecule has 24 heavy (non-hydrogen) atoms. The highest BCUT2D eigenvalue weighted by Gasteiger charge is 2.47. The largest absolute Gasteiger partial charge is 0.510 e. The highest BCUT2D eigenvalue weighted by atomic mass is 16.7. The van der Waals surface area contributed by atoms with E-state index in [4.69, 9.17) is 15.2 Å². The molecule has 0 heterocycles. The van der Waals surface area contributed by atoms with E-state index in [1.165, 1.54) is 25.1 Å². The molecular formula is C16H23NO7. The summed E-state index contributed by atoms with van der Waals surface area (Å²) in [7, 11) is 0. The molecule has 1 aromatic rings. The zero-order valence-corrected chi connectivity index (χ0v) is 13.9. The lowest BCUT2D eigenvalue weighted by molar-refractivity contribution is -0.170. The number of carbonyl (C=O) groups is 2. The predicted octanol–water partition coefficient (Wildman–Crippen LogP) is 1.98. The Morgan fingerprint density at radius 3 is 2.42 bits per heavy atom. The lowest BCUT2D eigenvalue weighted by Gasteiger charge is -2.32. The molecule has 0 aromatic heterocycles. The second-order valence-corrected chi connectivity index (χ2v) is 5.18. The second kappa shape index (κ2) is 8.39. The Morgan fingerprint density at radius 2 is 1.88 bits per heavy atom. The summed E-state index contributed by atoms with van der Waals surface area (Å²) in [5, 5.41) is 19.0. The topological polar surface area (TPSA) is 128 Å². The summed E-state index contributed by atoms with van der Waals surface area (Å²) < 4.78 is 14.7. The standard InChI is InChI=1S/C16H23NO7/c1-4-8-23-14(20)16(17,24-15(21)22-5-2)10(3)11-6-7-12(18)13(19)9-11/h6-7,9-10,18-19H,4-5,8,17H2,1-3H3/t10?,16-/m0/s1. The molecule has 0 amide bonds. The average molecular weight is 341 g/mol. The molecule has 0 radical (unpaired) electrons. The molecule has 4 N–H and O–H groups in total. The summed E-state index contributed by atoms with van der Waals surface area (Å²) in [4.78, 5) is 24.0. The maximum absolute atomic E-state index is 12.3. The fourth-order valence-electron chi connectivity index (χ4n) is 1.96. The van der Waals surface area contributed by atoms with E-state index < -0.39 is 23.8 Å². The van der Waals surface area contributed by atoms with Crippen LogP contribution in [0.1, 0.15) is 38.7 Å². The Morgan fingerprint density at radius 1 is 1.21 bits per heavy atom. The van der Waals surface area contributed by atoms with E-state index in [1.54, 1.807) is 13.8 Å². The minimum atomic E-state index is -2.15. The van der Waals surface area contributed by atoms with Crippen molar-refractivity contribution in [1.29, 1.82) is 0 Å². The van der Waals surface area contributed by atoms with Crippen LogP contribution >= 0.6 is 0 Å². The Bertz CT molecular complexity index is 590. The van der Waals surface area contributed by atoms with Gasteiger partial charge >= 0.3 is 12.1 Å². The number of rotatable bonds is 7. The molecule has 0 aliphatic carbocycles. The van der Waals surface area contributed by atoms with Crippen molar-refractivity contribution in [3.63, 3.8) is 0 Å². The van der Waals surface area contributed by atoms with Crippen LogP contribution in [0.3, 0.4) is 0 Å². The van der Waals surface area contributed by atoms with Gasteiger partial charge in [-0.2, -0.15) is 0 Å². The Labute approximate surface area is 140 Å². The van der Waals surface area contributed by atoms with Crippen molar-refractivity contribution in [3.8, 4) is 11.5 Å². The van der Waals surface area contributed by atoms with Gasteiger partial charge in [-0.25, -0.2) is 9.59 Å². The van der Waals surface area contributed by atoms with Crippen LogP contribution in [0.4, 0.5) is 4.79 Å². The van der Waals surface area contributed by atoms with E-state index in [0.29, 0.717) is 12.0 Å². The molecule has 1 rings (SSSR count). The summed E-state index contributed by atoms with van der Waals surface area (Å²) in [5.74, 6) is -2.52. The predicted molar refractivity (Wildman–Crippen MR) is 84.5 cm³/mol. The third-order valence-electron chi connectivity index (χ3n) is 3.41. The van der Waals surface area contributed by atoms with Crippen LogP contribution in [-0.2, 0) is 19.0 Å². The number of carbonyl (C=O) groups excluding carboxylic acids is 2. The van der Waals surface area contributed by atoms with Crippen LogP contribution in [0.2, 0.25) is 0 Å². The molecule has 0 fully saturated rings. The molecule has 1 aromatic carbocycles. The average Bonchev–Trinajstić information content (AvgIpc) is 2.54. The number of nitrogens with two attached hydrogens (primary N) is 1. The number of phenols is 2. The van der Waals surface area contributed by atoms with E-state index in [2.05, 4.69) is 4.74 Å². The molecule has 8 heteroatoms. The molecule has 0 spiro atoms. The molecule has 0 aliphatic heterocycles. The smallest absolute Gasteiger partial charge is 0.504 e. The quantitative estimate of drug-likeness (QED) is 0.390. The number of benzene rings is 1. The third kappa shape index (κ3) is 4.51. The molecular weight excluding hydrogens is 318 g/mol. The summed E-state index contributed by atoms with van der Waals surface area (Å²) in [5.41, 5.74) is 4.25. The van der Waals surface area contributed by atoms with Crippen LogP contribution in [-0.4, -0.2) is 41.3 Å². The van der Waals surface area contributed by atoms with Crippen molar-refractivity contribution in [2.45, 2.75) is 38.8 Å². The number of phenolic OH excluding ortho intramolecular Hbond substituents is 2. The fraction of sp³-hybridized carbons (Fsp3) is 0.500. The van der Waals surface area contributed by atoms with E-state index in [9.17, 15) is 19.8 Å². The number of hydrogen-bond acceptors (Lipinski definition) is 8. The van der Waals surface area contributed by atoms with E-state index in [0.717, 1.165) is 0 Å². The van der Waals surface area contributed by atoms with Gasteiger partial charge in [0.05, 0.1) is 13.2 Å². The number of aromatic hydroxyl groups is 2. The van der Waals surface area contributed by atoms with Crippen molar-refractivity contribution in [2.24, 2.45) is 5.73 Å². The van der Waals surface area contributed by atoms with Crippen LogP contribution in [0, 0.1) is 0 Å². The lowest BCUT2D eigenvalue weighted by atomic mass is 9.90. The molecule has 134 valence electrons. The maximum atomic E-state index is 12.3. The monoisotopic (exact) mass is 341 g/mol. The summed E-state index contributed by atoms with van der Waals surface area (Å²) in [6, 6.07) is 3.91. The van der Waals surface area contributed by atoms with Crippen LogP contribution in [0.15, 0.2) is 18.2 Å². The number of esters is 1. The van der Waals surface area contributed by atoms with Crippen molar-refractivity contribution in [1.82, 2.24) is 0 Å². The molecule has 0 saturated carbocycles. The van der Waals surface area contributed by atoms with Crippen molar-refractivity contribution in [3.05, 3.63) is 23.8 Å². The van der Waals surface area contributed by atoms with Crippen LogP contribution in [0.5, 0.6) is 11.5 Å². The molecule has 2 atom stereocenters. The van der Waals surface area contributed by atoms with Crippen molar-refractivity contribution >= 4 is 12.1 Å². The lowest BCUT2D eigenvalue weighted by Crippen LogP contribution is -2.56. The van der Waals surface area contributed by atoms with Gasteiger partial charge in [0.15, 0.2) is 11.5 Å². The highest BCUT2D eigenvalue weighted by molar-refractivity contribution is 5.82. The first-order valence-corrected chi connectivity index (χ1v) is 7.59. The summed E-state index contributed by atoms with van der Waals surface area (Å²) in [6.45, 7) is 5.07. The van der Waals surface area contributed by atoms with Crippen LogP contribution < -0.4 is 5.73 Å². The second-order valence-electron chi connectivity index (χ2n) is 5.18. The molecule has 8 nitrogen and oxygen atoms in total. The molecule has 1 unspecified atom stereocenters. The van der Waals surface area contributed by atoms with E-state index >= 15 is 0 Å². The normalized spacial score (nSPS) is 14.3. The maximum Gasteiger partial charge on any atom is 0.510 e. The van der Waals surface area contributed by atoms with E-state index in [-0.39, 0.29) is 24.7 Å². The number of ether oxygens (including phenoxy) is 3. The first kappa shape index (κ1) is 19.6. The molecule has 0 aliphatic rings. The fourth-order valence-corrected chi connectivity index (χ4v) is 1.96. The minimum absolute atomic E-state index is 0.0489. The van der Waals surface area contributed by atoms with Gasteiger partial charge in [-0.3, -0.25) is 5.73 Å². The molecule has 0 bridgehead atoms. The van der Waals surface area contributed by atoms with Gasteiger partial charge in [0.1, 0.15) is 0 Å². The number of hydrogen-bond donors (Lipinski definition) is 3. The zero-order valence-electron chi connectivity index (χ0n) is 13.9. The Kier molecular flexibility index (Phi) is 6.84. The first-order chi connectivity index (χ1) is 11.3. The summed E-state index contributed by atoms with van der Waals surface area (Å²) >= 11 is 0. The van der Waals surface area contributed by atoms with E-state index in [1.807, 2.05) is 0 Å². The molecule has 0 saturated heterocycles. The van der Waals surface area contributed by atoms with Gasteiger partial charge in [0.2, 0.25) is 0 Å². The third-order valence-corrected chi connectivity index (χ3v) is 3.41. The zero-order chi connectivity index (χ0) is 18.3. The first-order valence-electron chi connectivity index (χ1n) is 7.59.